The minimum atomic E-state index is -6.12. The van der Waals surface area contributed by atoms with Gasteiger partial charge in [0, 0.05) is 105 Å². The number of anilines is 2. The van der Waals surface area contributed by atoms with E-state index in [1.807, 2.05) is 55.8 Å². The molecule has 15 nitrogen and oxygen atoms in total. The van der Waals surface area contributed by atoms with Crippen LogP contribution in [0.2, 0.25) is 0 Å². The molecule has 2 saturated heterocycles. The molecule has 6 aliphatic rings. The van der Waals surface area contributed by atoms with Crippen molar-refractivity contribution >= 4 is 54.9 Å². The number of nitrogens with zero attached hydrogens (tertiary/aromatic N) is 4. The summed E-state index contributed by atoms with van der Waals surface area (Å²) < 4.78 is 143. The molecule has 2 bridgehead atoms. The number of alkyl halides is 5. The van der Waals surface area contributed by atoms with Crippen molar-refractivity contribution in [3.63, 3.8) is 0 Å². The average Bonchev–Trinajstić information content (AvgIpc) is 3.56. The van der Waals surface area contributed by atoms with E-state index >= 15 is 0 Å². The normalized spacial score (nSPS) is 22.5. The summed E-state index contributed by atoms with van der Waals surface area (Å²) >= 11 is 1.43. The Bertz CT molecular complexity index is 2890. The molecule has 448 valence electrons. The number of piperazine rings is 2. The van der Waals surface area contributed by atoms with E-state index in [0.29, 0.717) is 96.6 Å². The van der Waals surface area contributed by atoms with E-state index in [1.54, 1.807) is 12.1 Å². The molecule has 3 saturated carbocycles. The van der Waals surface area contributed by atoms with E-state index in [0.717, 1.165) is 74.7 Å². The molecular weight excluding hydrogens is 1120 g/mol. The third kappa shape index (κ3) is 16.1. The fourth-order valence-electron chi connectivity index (χ4n) is 11.9. The number of hydrogen-bond donors (Lipinski definition) is 2. The van der Waals surface area contributed by atoms with Crippen LogP contribution in [0.4, 0.5) is 33.3 Å². The average molecular weight is 1200 g/mol. The number of benzene rings is 3. The Labute approximate surface area is 479 Å². The highest BCUT2D eigenvalue weighted by molar-refractivity contribution is 7.99. The third-order valence-corrected chi connectivity index (χ3v) is 20.4. The van der Waals surface area contributed by atoms with Crippen LogP contribution in [0.15, 0.2) is 98.6 Å². The number of halogens is 5. The molecule has 2 heterocycles. The first kappa shape index (κ1) is 62.7. The van der Waals surface area contributed by atoms with Crippen LogP contribution in [-0.2, 0) is 38.9 Å². The molecule has 0 spiro atoms. The van der Waals surface area contributed by atoms with Crippen molar-refractivity contribution in [3.05, 3.63) is 89.5 Å². The minimum Gasteiger partial charge on any atom is -0.460 e. The molecular formula is C58H79F5N6O9S3. The van der Waals surface area contributed by atoms with Crippen LogP contribution < -0.4 is 14.9 Å². The van der Waals surface area contributed by atoms with E-state index in [2.05, 4.69) is 38.8 Å². The number of rotatable bonds is 26. The number of hydrogen-bond acceptors (Lipinski definition) is 15. The van der Waals surface area contributed by atoms with Crippen molar-refractivity contribution < 1.29 is 62.6 Å². The van der Waals surface area contributed by atoms with Crippen molar-refractivity contribution in [1.82, 2.24) is 19.4 Å². The zero-order valence-corrected chi connectivity index (χ0v) is 49.6. The fourth-order valence-corrected chi connectivity index (χ4v) is 14.9. The molecule has 9 rings (SSSR count). The second-order valence-corrected chi connectivity index (χ2v) is 28.9. The van der Waals surface area contributed by atoms with Gasteiger partial charge in [-0.3, -0.25) is 19.4 Å². The van der Waals surface area contributed by atoms with Crippen LogP contribution in [0.1, 0.15) is 96.3 Å². The van der Waals surface area contributed by atoms with Gasteiger partial charge in [0.05, 0.1) is 43.4 Å². The smallest absolute Gasteiger partial charge is 0.460 e. The van der Waals surface area contributed by atoms with Crippen molar-refractivity contribution in [3.8, 4) is 0 Å². The zero-order valence-electron chi connectivity index (χ0n) is 47.1. The minimum absolute atomic E-state index is 0.0365. The van der Waals surface area contributed by atoms with Crippen LogP contribution in [0, 0.1) is 16.2 Å². The first-order valence-electron chi connectivity index (χ1n) is 28.0. The molecule has 1 atom stereocenters. The summed E-state index contributed by atoms with van der Waals surface area (Å²) in [5, 5.41) is 3.03. The Kier molecular flexibility index (Phi) is 20.0. The fraction of sp³-hybridized carbons (Fsp3) is 0.621. The number of sulfone groups is 1. The molecule has 0 radical (unpaired) electrons. The first-order valence-corrected chi connectivity index (χ1v) is 32.0. The lowest BCUT2D eigenvalue weighted by atomic mass is 9.32. The summed E-state index contributed by atoms with van der Waals surface area (Å²) in [5.41, 5.74) is -3.87. The SMILES string of the molecule is CC1(C)CCC(CN2CCN(c3ccc(C(=O)NS(=O)(=O)c4ccc(N[C@H](CCN5CCN(CCOCCOCCC(=O)OC(C)(C)C)CC5)CSc5ccccc5)c(S(=O)(=O)C(F)(F)F)c4)cc3)CC2)=C(C23CC(C(F)F)(C2)C3)C1. The molecule has 3 aromatic carbocycles. The van der Waals surface area contributed by atoms with E-state index in [1.165, 1.54) is 35.0 Å². The van der Waals surface area contributed by atoms with E-state index < -0.39 is 70.2 Å². The van der Waals surface area contributed by atoms with Gasteiger partial charge in [-0.2, -0.15) is 13.2 Å². The van der Waals surface area contributed by atoms with Crippen LogP contribution in [-0.4, -0.2) is 171 Å². The van der Waals surface area contributed by atoms with Gasteiger partial charge in [-0.1, -0.05) is 43.2 Å². The Hall–Kier alpha value is -4.36. The predicted molar refractivity (Wildman–Crippen MR) is 303 cm³/mol. The molecule has 0 unspecified atom stereocenters. The molecule has 2 N–H and O–H groups in total. The largest absolute Gasteiger partial charge is 0.501 e. The van der Waals surface area contributed by atoms with Crippen molar-refractivity contribution in [2.45, 2.75) is 124 Å². The van der Waals surface area contributed by atoms with Crippen LogP contribution in [0.5, 0.6) is 0 Å². The monoisotopic (exact) mass is 1190 g/mol. The summed E-state index contributed by atoms with van der Waals surface area (Å²) in [7, 11) is -11.0. The van der Waals surface area contributed by atoms with E-state index in [4.69, 9.17) is 14.2 Å². The number of allylic oxidation sites excluding steroid dienone is 1. The number of carbonyl (C=O) groups excluding carboxylic acids is 2. The Morgan fingerprint density at radius 3 is 2.00 bits per heavy atom. The van der Waals surface area contributed by atoms with Crippen molar-refractivity contribution in [1.29, 1.82) is 0 Å². The topological polar surface area (TPSA) is 167 Å². The van der Waals surface area contributed by atoms with Crippen molar-refractivity contribution in [2.24, 2.45) is 16.2 Å². The molecule has 5 fully saturated rings. The number of amides is 1. The van der Waals surface area contributed by atoms with Gasteiger partial charge in [0.25, 0.3) is 25.8 Å². The summed E-state index contributed by atoms with van der Waals surface area (Å²) in [4.78, 5) is 33.1. The summed E-state index contributed by atoms with van der Waals surface area (Å²) in [6.07, 6.45) is 3.06. The van der Waals surface area contributed by atoms with Crippen LogP contribution in [0.25, 0.3) is 0 Å². The quantitative estimate of drug-likeness (QED) is 0.0256. The molecule has 23 heteroatoms. The summed E-state index contributed by atoms with van der Waals surface area (Å²) in [5.74, 6) is -1.05. The number of thioether (sulfide) groups is 1. The van der Waals surface area contributed by atoms with Gasteiger partial charge in [0.1, 0.15) is 10.5 Å². The highest BCUT2D eigenvalue weighted by Crippen LogP contribution is 2.79. The lowest BCUT2D eigenvalue weighted by Crippen LogP contribution is -2.66. The Balaban J connectivity index is 0.848. The number of carbonyl (C=O) groups is 2. The van der Waals surface area contributed by atoms with Crippen LogP contribution >= 0.6 is 11.8 Å². The van der Waals surface area contributed by atoms with Gasteiger partial charge in [-0.25, -0.2) is 30.3 Å². The van der Waals surface area contributed by atoms with Gasteiger partial charge >= 0.3 is 11.5 Å². The third-order valence-electron chi connectivity index (χ3n) is 16.3. The summed E-state index contributed by atoms with van der Waals surface area (Å²) in [6.45, 7) is 19.2. The number of esters is 1. The van der Waals surface area contributed by atoms with E-state index in [-0.39, 0.29) is 35.4 Å². The standard InChI is InChI=1S/C58H79F5N6O9S3/c1-54(2,3)78-51(70)19-31-76-33-34-77-32-30-67-24-22-66(23-25-67)21-18-44(38-79-46-9-7-6-8-10-46)64-49-16-15-47(35-50(49)80(72,73)58(61,62)63)81(74,75)65-52(71)42-11-13-45(14-12-42)69-28-26-68(27-29-69)37-43-17-20-55(4,5)36-48(43)56-39-57(40-56,41-56)53(59)60/h6-16,35,44,53,64H,17-34,36-41H2,1-5H3,(H,65,71)/t44-,56?,57?/m1/s1. The zero-order chi connectivity index (χ0) is 58.4. The van der Waals surface area contributed by atoms with Gasteiger partial charge < -0.3 is 29.3 Å². The molecule has 3 aromatic rings. The molecule has 1 amide bonds. The number of sulfonamides is 1. The number of ether oxygens (including phenoxy) is 3. The maximum Gasteiger partial charge on any atom is 0.501 e. The van der Waals surface area contributed by atoms with Gasteiger partial charge in [-0.15, -0.1) is 11.8 Å². The first-order chi connectivity index (χ1) is 38.1. The highest BCUT2D eigenvalue weighted by Gasteiger charge is 2.73. The molecule has 4 aliphatic carbocycles. The second-order valence-electron chi connectivity index (χ2n) is 24.2. The number of nitrogens with one attached hydrogen (secondary N) is 2. The maximum absolute atomic E-state index is 14.4. The predicted octanol–water partition coefficient (Wildman–Crippen LogP) is 9.51. The Morgan fingerprint density at radius 1 is 0.765 bits per heavy atom. The van der Waals surface area contributed by atoms with Crippen LogP contribution in [0.3, 0.4) is 0 Å². The highest BCUT2D eigenvalue weighted by atomic mass is 32.2. The van der Waals surface area contributed by atoms with Gasteiger partial charge in [0.2, 0.25) is 6.43 Å². The van der Waals surface area contributed by atoms with Crippen molar-refractivity contribution in [2.75, 3.05) is 114 Å². The maximum atomic E-state index is 14.4. The lowest BCUT2D eigenvalue weighted by molar-refractivity contribution is -0.250. The molecule has 2 aliphatic heterocycles. The summed E-state index contributed by atoms with van der Waals surface area (Å²) in [6, 6.07) is 17.5. The lowest BCUT2D eigenvalue weighted by Gasteiger charge is -2.72. The second kappa shape index (κ2) is 25.9. The van der Waals surface area contributed by atoms with E-state index in [9.17, 15) is 48.4 Å². The molecule has 0 aromatic heterocycles. The van der Waals surface area contributed by atoms with Gasteiger partial charge in [0.15, 0.2) is 0 Å². The Morgan fingerprint density at radius 2 is 1.38 bits per heavy atom. The molecule has 81 heavy (non-hydrogen) atoms. The van der Waals surface area contributed by atoms with Gasteiger partial charge in [-0.05, 0) is 131 Å².